The minimum absolute atomic E-state index is 0.0134. The summed E-state index contributed by atoms with van der Waals surface area (Å²) in [6.45, 7) is 5.22. The van der Waals surface area contributed by atoms with E-state index in [0.717, 1.165) is 11.3 Å². The maximum atomic E-state index is 13.9. The summed E-state index contributed by atoms with van der Waals surface area (Å²) in [6.07, 6.45) is 1.59. The third-order valence-electron chi connectivity index (χ3n) is 6.92. The van der Waals surface area contributed by atoms with Gasteiger partial charge in [0.05, 0.1) is 41.6 Å². The number of rotatable bonds is 8. The number of hydrogen-bond donors (Lipinski definition) is 0. The fourth-order valence-electron chi connectivity index (χ4n) is 4.92. The first-order valence-electron chi connectivity index (χ1n) is 12.9. The van der Waals surface area contributed by atoms with E-state index in [-0.39, 0.29) is 23.4 Å². The summed E-state index contributed by atoms with van der Waals surface area (Å²) in [5.74, 6) is 1.19. The van der Waals surface area contributed by atoms with Gasteiger partial charge in [-0.3, -0.25) is 19.5 Å². The molecular weight excluding hydrogens is 562 g/mol. The largest absolute Gasteiger partial charge is 0.497 e. The summed E-state index contributed by atoms with van der Waals surface area (Å²) >= 11 is 1.15. The molecule has 0 saturated heterocycles. The number of allylic oxidation sites excluding steroid dienone is 1. The Balaban J connectivity index is 1.66. The molecular formula is C30H27N3O8S. The van der Waals surface area contributed by atoms with Gasteiger partial charge in [0.2, 0.25) is 0 Å². The van der Waals surface area contributed by atoms with Crippen LogP contribution < -0.4 is 24.4 Å². The topological polar surface area (TPSA) is 135 Å². The molecule has 0 radical (unpaired) electrons. The van der Waals surface area contributed by atoms with Crippen LogP contribution in [0.4, 0.5) is 5.69 Å². The average molecular weight is 590 g/mol. The van der Waals surface area contributed by atoms with Crippen molar-refractivity contribution in [2.45, 2.75) is 26.8 Å². The van der Waals surface area contributed by atoms with Gasteiger partial charge in [-0.15, -0.1) is 0 Å². The molecule has 2 aromatic heterocycles. The maximum absolute atomic E-state index is 13.9. The van der Waals surface area contributed by atoms with Gasteiger partial charge in [-0.25, -0.2) is 9.79 Å². The summed E-state index contributed by atoms with van der Waals surface area (Å²) in [6, 6.07) is 12.4. The number of carbonyl (C=O) groups excluding carboxylic acids is 1. The molecule has 0 saturated carbocycles. The summed E-state index contributed by atoms with van der Waals surface area (Å²) < 4.78 is 24.1. The number of hydrogen-bond acceptors (Lipinski definition) is 10. The van der Waals surface area contributed by atoms with Crippen molar-refractivity contribution in [2.75, 3.05) is 20.8 Å². The van der Waals surface area contributed by atoms with Crippen molar-refractivity contribution in [2.24, 2.45) is 4.99 Å². The Morgan fingerprint density at radius 1 is 1.17 bits per heavy atom. The number of furan rings is 1. The van der Waals surface area contributed by atoms with Crippen molar-refractivity contribution < 1.29 is 28.3 Å². The number of methoxy groups -OCH3 is 2. The van der Waals surface area contributed by atoms with Gasteiger partial charge in [0.15, 0.2) is 4.80 Å². The Bertz CT molecular complexity index is 1930. The van der Waals surface area contributed by atoms with Crippen molar-refractivity contribution in [3.8, 4) is 22.8 Å². The number of aromatic nitrogens is 1. The van der Waals surface area contributed by atoms with Gasteiger partial charge in [-0.1, -0.05) is 23.5 Å². The molecule has 12 heteroatoms. The summed E-state index contributed by atoms with van der Waals surface area (Å²) in [5.41, 5.74) is 1.85. The first kappa shape index (κ1) is 28.6. The predicted octanol–water partition coefficient (Wildman–Crippen LogP) is 4.29. The second-order valence-corrected chi connectivity index (χ2v) is 10.3. The first-order valence-corrected chi connectivity index (χ1v) is 13.8. The average Bonchev–Trinajstić information content (AvgIpc) is 3.55. The molecule has 0 spiro atoms. The molecule has 0 unspecified atom stereocenters. The number of nitrogens with zero attached hydrogens (tertiary/aromatic N) is 3. The lowest BCUT2D eigenvalue weighted by atomic mass is 9.95. The second kappa shape index (κ2) is 11.5. The van der Waals surface area contributed by atoms with Crippen LogP contribution in [0.1, 0.15) is 36.8 Å². The molecule has 0 aliphatic carbocycles. The second-order valence-electron chi connectivity index (χ2n) is 9.32. The number of benzene rings is 2. The monoisotopic (exact) mass is 589 g/mol. The molecule has 0 amide bonds. The predicted molar refractivity (Wildman–Crippen MR) is 155 cm³/mol. The number of ether oxygens (including phenoxy) is 3. The SMILES string of the molecule is CCOC(=O)C1=C(C)N=c2s/c(=C\c3ccc(-c4cccc([N+](=O)[O-])c4C)o3)c(=O)n2[C@H]1c1ccc(OC)cc1OC. The lowest BCUT2D eigenvalue weighted by Gasteiger charge is -2.26. The van der Waals surface area contributed by atoms with Crippen molar-refractivity contribution >= 4 is 29.1 Å². The van der Waals surface area contributed by atoms with Crippen LogP contribution in [0.2, 0.25) is 0 Å². The number of fused-ring (bicyclic) bond motifs is 1. The third kappa shape index (κ3) is 5.00. The number of thiazole rings is 1. The highest BCUT2D eigenvalue weighted by Crippen LogP contribution is 2.37. The van der Waals surface area contributed by atoms with Crippen LogP contribution in [-0.2, 0) is 9.53 Å². The van der Waals surface area contributed by atoms with E-state index >= 15 is 0 Å². The Labute approximate surface area is 243 Å². The molecule has 1 aliphatic rings. The van der Waals surface area contributed by atoms with Crippen LogP contribution in [0, 0.1) is 17.0 Å². The zero-order chi connectivity index (χ0) is 30.1. The smallest absolute Gasteiger partial charge is 0.338 e. The normalized spacial score (nSPS) is 14.8. The van der Waals surface area contributed by atoms with Crippen LogP contribution >= 0.6 is 11.3 Å². The molecule has 0 N–H and O–H groups in total. The summed E-state index contributed by atoms with van der Waals surface area (Å²) in [4.78, 5) is 43.0. The van der Waals surface area contributed by atoms with Gasteiger partial charge >= 0.3 is 5.97 Å². The molecule has 5 rings (SSSR count). The number of carbonyl (C=O) groups is 1. The molecule has 3 heterocycles. The highest BCUT2D eigenvalue weighted by molar-refractivity contribution is 7.07. The standard InChI is InChI=1S/C30H27N3O8S/c1-6-40-29(35)26-17(3)31-30-32(27(26)21-12-10-18(38-4)14-24(21)39-5)28(34)25(42-30)15-19-11-13-23(41-19)20-8-7-9-22(16(20)2)33(36)37/h7-15,27H,6H2,1-5H3/b25-15-/t27-/m0/s1. The minimum atomic E-state index is -0.872. The Hall–Kier alpha value is -4.97. The van der Waals surface area contributed by atoms with Gasteiger partial charge in [-0.2, -0.15) is 0 Å². The van der Waals surface area contributed by atoms with Gasteiger partial charge in [0.25, 0.3) is 11.2 Å². The van der Waals surface area contributed by atoms with Crippen LogP contribution in [0.3, 0.4) is 0 Å². The fraction of sp³-hybridized carbons (Fsp3) is 0.233. The van der Waals surface area contributed by atoms with Crippen molar-refractivity contribution in [3.05, 3.63) is 106 Å². The van der Waals surface area contributed by atoms with Crippen molar-refractivity contribution in [3.63, 3.8) is 0 Å². The van der Waals surface area contributed by atoms with Crippen molar-refractivity contribution in [1.29, 1.82) is 0 Å². The first-order chi connectivity index (χ1) is 20.2. The van der Waals surface area contributed by atoms with Gasteiger partial charge in [0, 0.05) is 34.9 Å². The third-order valence-corrected chi connectivity index (χ3v) is 7.90. The molecule has 42 heavy (non-hydrogen) atoms. The van der Waals surface area contributed by atoms with Gasteiger partial charge in [0.1, 0.15) is 29.1 Å². The minimum Gasteiger partial charge on any atom is -0.497 e. The van der Waals surface area contributed by atoms with E-state index in [1.165, 1.54) is 24.9 Å². The van der Waals surface area contributed by atoms with E-state index < -0.39 is 16.9 Å². The molecule has 0 bridgehead atoms. The van der Waals surface area contributed by atoms with E-state index in [9.17, 15) is 19.7 Å². The van der Waals surface area contributed by atoms with Crippen LogP contribution in [0.25, 0.3) is 17.4 Å². The van der Waals surface area contributed by atoms with E-state index in [1.807, 2.05) is 0 Å². The fourth-order valence-corrected chi connectivity index (χ4v) is 5.95. The summed E-state index contributed by atoms with van der Waals surface area (Å²) in [5, 5.41) is 11.4. The molecule has 1 atom stereocenters. The lowest BCUT2D eigenvalue weighted by Crippen LogP contribution is -2.40. The zero-order valence-electron chi connectivity index (χ0n) is 23.5. The van der Waals surface area contributed by atoms with Crippen LogP contribution in [-0.4, -0.2) is 36.3 Å². The zero-order valence-corrected chi connectivity index (χ0v) is 24.3. The van der Waals surface area contributed by atoms with E-state index in [4.69, 9.17) is 18.6 Å². The number of nitro groups is 1. The van der Waals surface area contributed by atoms with E-state index in [1.54, 1.807) is 69.3 Å². The molecule has 2 aromatic carbocycles. The van der Waals surface area contributed by atoms with E-state index in [0.29, 0.717) is 54.7 Å². The lowest BCUT2D eigenvalue weighted by molar-refractivity contribution is -0.385. The molecule has 11 nitrogen and oxygen atoms in total. The number of esters is 1. The quantitative estimate of drug-likeness (QED) is 0.169. The van der Waals surface area contributed by atoms with Crippen molar-refractivity contribution in [1.82, 2.24) is 4.57 Å². The maximum Gasteiger partial charge on any atom is 0.338 e. The molecule has 0 fully saturated rings. The number of nitro benzene ring substituents is 1. The Kier molecular flexibility index (Phi) is 7.81. The highest BCUT2D eigenvalue weighted by Gasteiger charge is 2.35. The van der Waals surface area contributed by atoms with Crippen LogP contribution in [0.15, 0.2) is 74.0 Å². The molecule has 1 aliphatic heterocycles. The van der Waals surface area contributed by atoms with E-state index in [2.05, 4.69) is 4.99 Å². The van der Waals surface area contributed by atoms with Gasteiger partial charge in [-0.05, 0) is 45.0 Å². The Morgan fingerprint density at radius 2 is 1.95 bits per heavy atom. The molecule has 4 aromatic rings. The van der Waals surface area contributed by atoms with Crippen LogP contribution in [0.5, 0.6) is 11.5 Å². The molecule has 216 valence electrons. The van der Waals surface area contributed by atoms with Gasteiger partial charge < -0.3 is 18.6 Å². The highest BCUT2D eigenvalue weighted by atomic mass is 32.1. The summed E-state index contributed by atoms with van der Waals surface area (Å²) in [7, 11) is 3.03. The Morgan fingerprint density at radius 3 is 2.64 bits per heavy atom.